The summed E-state index contributed by atoms with van der Waals surface area (Å²) in [5.41, 5.74) is 5.01. The molecule has 0 spiro atoms. The molecular weight excluding hydrogens is 246 g/mol. The zero-order valence-corrected chi connectivity index (χ0v) is 12.0. The van der Waals surface area contributed by atoms with Gasteiger partial charge in [-0.2, -0.15) is 0 Å². The first-order valence-corrected chi connectivity index (χ1v) is 6.76. The Balaban J connectivity index is 2.19. The van der Waals surface area contributed by atoms with Crippen molar-refractivity contribution < 1.29 is 4.79 Å². The molecule has 0 aliphatic rings. The van der Waals surface area contributed by atoms with Gasteiger partial charge < -0.3 is 0 Å². The number of carbonyl (C=O) groups excluding carboxylic acids is 1. The third-order valence-corrected chi connectivity index (χ3v) is 3.71. The molecule has 2 nitrogen and oxygen atoms in total. The molecule has 0 aliphatic carbocycles. The van der Waals surface area contributed by atoms with Gasteiger partial charge in [0.15, 0.2) is 0 Å². The van der Waals surface area contributed by atoms with E-state index in [-0.39, 0.29) is 5.91 Å². The number of hydrogen-bond acceptors (Lipinski definition) is 1. The van der Waals surface area contributed by atoms with Gasteiger partial charge >= 0.3 is 0 Å². The number of carbonyl (C=O) groups is 1. The molecule has 2 aromatic carbocycles. The summed E-state index contributed by atoms with van der Waals surface area (Å²) in [6.45, 7) is 6.05. The van der Waals surface area contributed by atoms with E-state index in [1.165, 1.54) is 5.56 Å². The van der Waals surface area contributed by atoms with Crippen LogP contribution >= 0.6 is 0 Å². The van der Waals surface area contributed by atoms with Crippen LogP contribution in [0.3, 0.4) is 0 Å². The van der Waals surface area contributed by atoms with Crippen LogP contribution in [0.25, 0.3) is 10.9 Å². The van der Waals surface area contributed by atoms with Gasteiger partial charge in [0.1, 0.15) is 0 Å². The molecular formula is C18H17NO. The van der Waals surface area contributed by atoms with Crippen LogP contribution in [-0.2, 0) is 0 Å². The van der Waals surface area contributed by atoms with Crippen LogP contribution < -0.4 is 0 Å². The molecule has 3 aromatic rings. The number of hydrogen-bond donors (Lipinski definition) is 0. The van der Waals surface area contributed by atoms with E-state index >= 15 is 0 Å². The third kappa shape index (κ3) is 1.94. The summed E-state index contributed by atoms with van der Waals surface area (Å²) in [5.74, 6) is 0.0428. The topological polar surface area (TPSA) is 22.0 Å². The van der Waals surface area contributed by atoms with Crippen LogP contribution in [0.2, 0.25) is 0 Å². The van der Waals surface area contributed by atoms with Crippen molar-refractivity contribution in [3.05, 3.63) is 70.9 Å². The van der Waals surface area contributed by atoms with Crippen molar-refractivity contribution in [1.82, 2.24) is 4.57 Å². The fraction of sp³-hybridized carbons (Fsp3) is 0.167. The Hall–Kier alpha value is -2.35. The highest BCUT2D eigenvalue weighted by Gasteiger charge is 2.16. The lowest BCUT2D eigenvalue weighted by Crippen LogP contribution is -2.14. The molecule has 3 rings (SSSR count). The van der Waals surface area contributed by atoms with Gasteiger partial charge in [-0.15, -0.1) is 0 Å². The minimum Gasteiger partial charge on any atom is -0.283 e. The highest BCUT2D eigenvalue weighted by molar-refractivity contribution is 6.04. The van der Waals surface area contributed by atoms with E-state index in [2.05, 4.69) is 19.1 Å². The van der Waals surface area contributed by atoms with Crippen molar-refractivity contribution in [3.8, 4) is 0 Å². The molecule has 0 aliphatic heterocycles. The Bertz CT molecular complexity index is 788. The van der Waals surface area contributed by atoms with Crippen molar-refractivity contribution in [1.29, 1.82) is 0 Å². The van der Waals surface area contributed by atoms with Crippen LogP contribution in [0, 0.1) is 20.8 Å². The molecule has 0 bridgehead atoms. The van der Waals surface area contributed by atoms with E-state index < -0.39 is 0 Å². The van der Waals surface area contributed by atoms with E-state index in [0.717, 1.165) is 27.6 Å². The molecule has 0 fully saturated rings. The van der Waals surface area contributed by atoms with Gasteiger partial charge in [-0.05, 0) is 44.0 Å². The number of para-hydroxylation sites is 1. The second kappa shape index (κ2) is 4.64. The molecule has 1 heterocycles. The fourth-order valence-electron chi connectivity index (χ4n) is 2.90. The first kappa shape index (κ1) is 12.7. The van der Waals surface area contributed by atoms with Crippen LogP contribution in [-0.4, -0.2) is 10.5 Å². The lowest BCUT2D eigenvalue weighted by molar-refractivity contribution is 0.0964. The average molecular weight is 263 g/mol. The lowest BCUT2D eigenvalue weighted by Gasteiger charge is -2.11. The summed E-state index contributed by atoms with van der Waals surface area (Å²) in [6, 6.07) is 14.0. The number of aryl methyl sites for hydroxylation is 3. The lowest BCUT2D eigenvalue weighted by atomic mass is 9.99. The summed E-state index contributed by atoms with van der Waals surface area (Å²) in [5, 5.41) is 1.09. The highest BCUT2D eigenvalue weighted by Crippen LogP contribution is 2.21. The molecule has 0 amide bonds. The number of rotatable bonds is 1. The minimum absolute atomic E-state index is 0.0428. The Labute approximate surface area is 118 Å². The predicted octanol–water partition coefficient (Wildman–Crippen LogP) is 4.26. The molecule has 0 radical (unpaired) electrons. The maximum Gasteiger partial charge on any atom is 0.262 e. The predicted molar refractivity (Wildman–Crippen MR) is 82.3 cm³/mol. The second-order valence-electron chi connectivity index (χ2n) is 5.32. The van der Waals surface area contributed by atoms with E-state index in [1.807, 2.05) is 50.4 Å². The van der Waals surface area contributed by atoms with E-state index in [0.29, 0.717) is 0 Å². The first-order chi connectivity index (χ1) is 9.58. The normalized spacial score (nSPS) is 10.9. The second-order valence-corrected chi connectivity index (χ2v) is 5.32. The highest BCUT2D eigenvalue weighted by atomic mass is 16.2. The van der Waals surface area contributed by atoms with E-state index in [4.69, 9.17) is 0 Å². The molecule has 0 saturated heterocycles. The number of aromatic nitrogens is 1. The molecule has 1 aromatic heterocycles. The molecule has 0 saturated carbocycles. The van der Waals surface area contributed by atoms with Crippen LogP contribution in [0.4, 0.5) is 0 Å². The molecule has 2 heteroatoms. The zero-order valence-electron chi connectivity index (χ0n) is 12.0. The Morgan fingerprint density at radius 2 is 1.60 bits per heavy atom. The van der Waals surface area contributed by atoms with Crippen molar-refractivity contribution >= 4 is 16.8 Å². The first-order valence-electron chi connectivity index (χ1n) is 6.76. The quantitative estimate of drug-likeness (QED) is 0.643. The smallest absolute Gasteiger partial charge is 0.262 e. The maximum absolute atomic E-state index is 12.8. The Morgan fingerprint density at radius 3 is 2.30 bits per heavy atom. The van der Waals surface area contributed by atoms with Gasteiger partial charge in [0.05, 0.1) is 5.52 Å². The van der Waals surface area contributed by atoms with Crippen LogP contribution in [0.5, 0.6) is 0 Å². The standard InChI is InChI=1S/C18H17NO/c1-12-10-13(2)17(14(3)11-12)18(20)19-9-8-15-6-4-5-7-16(15)19/h4-11H,1-3H3. The van der Waals surface area contributed by atoms with Gasteiger partial charge in [0.2, 0.25) is 0 Å². The largest absolute Gasteiger partial charge is 0.283 e. The fourth-order valence-corrected chi connectivity index (χ4v) is 2.90. The van der Waals surface area contributed by atoms with Gasteiger partial charge in [0, 0.05) is 17.1 Å². The maximum atomic E-state index is 12.8. The summed E-state index contributed by atoms with van der Waals surface area (Å²) < 4.78 is 1.74. The summed E-state index contributed by atoms with van der Waals surface area (Å²) >= 11 is 0. The Kier molecular flexibility index (Phi) is 2.94. The Morgan fingerprint density at radius 1 is 0.950 bits per heavy atom. The minimum atomic E-state index is 0.0428. The van der Waals surface area contributed by atoms with Crippen molar-refractivity contribution in [2.24, 2.45) is 0 Å². The van der Waals surface area contributed by atoms with Crippen LogP contribution in [0.1, 0.15) is 27.0 Å². The van der Waals surface area contributed by atoms with Gasteiger partial charge in [-0.3, -0.25) is 9.36 Å². The number of benzene rings is 2. The average Bonchev–Trinajstić information content (AvgIpc) is 2.81. The number of nitrogens with zero attached hydrogens (tertiary/aromatic N) is 1. The van der Waals surface area contributed by atoms with Crippen molar-refractivity contribution in [2.45, 2.75) is 20.8 Å². The van der Waals surface area contributed by atoms with Crippen LogP contribution in [0.15, 0.2) is 48.7 Å². The number of fused-ring (bicyclic) bond motifs is 1. The van der Waals surface area contributed by atoms with E-state index in [9.17, 15) is 4.79 Å². The molecule has 0 N–H and O–H groups in total. The molecule has 0 atom stereocenters. The molecule has 100 valence electrons. The summed E-state index contributed by atoms with van der Waals surface area (Å²) in [6.07, 6.45) is 1.85. The van der Waals surface area contributed by atoms with Gasteiger partial charge in [-0.25, -0.2) is 0 Å². The van der Waals surface area contributed by atoms with Crippen molar-refractivity contribution in [2.75, 3.05) is 0 Å². The van der Waals surface area contributed by atoms with Gasteiger partial charge in [-0.1, -0.05) is 35.9 Å². The summed E-state index contributed by atoms with van der Waals surface area (Å²) in [7, 11) is 0. The molecule has 0 unspecified atom stereocenters. The molecule has 20 heavy (non-hydrogen) atoms. The zero-order chi connectivity index (χ0) is 14.3. The van der Waals surface area contributed by atoms with Gasteiger partial charge in [0.25, 0.3) is 5.91 Å². The monoisotopic (exact) mass is 263 g/mol. The SMILES string of the molecule is Cc1cc(C)c(C(=O)n2ccc3ccccc32)c(C)c1. The third-order valence-electron chi connectivity index (χ3n) is 3.71. The summed E-state index contributed by atoms with van der Waals surface area (Å²) in [4.78, 5) is 12.8. The van der Waals surface area contributed by atoms with E-state index in [1.54, 1.807) is 4.57 Å². The van der Waals surface area contributed by atoms with Crippen molar-refractivity contribution in [3.63, 3.8) is 0 Å².